The van der Waals surface area contributed by atoms with Crippen LogP contribution < -0.4 is 24.3 Å². The van der Waals surface area contributed by atoms with E-state index in [0.29, 0.717) is 46.1 Å². The predicted octanol–water partition coefficient (Wildman–Crippen LogP) is 4.98. The van der Waals surface area contributed by atoms with Crippen molar-refractivity contribution in [3.8, 4) is 23.0 Å². The van der Waals surface area contributed by atoms with Gasteiger partial charge >= 0.3 is 0 Å². The van der Waals surface area contributed by atoms with Crippen LogP contribution in [0.5, 0.6) is 23.0 Å². The van der Waals surface area contributed by atoms with E-state index in [1.165, 1.54) is 11.8 Å². The molecule has 196 valence electrons. The molecule has 1 fully saturated rings. The SMILES string of the molecule is CCOc1cccc(NC(=O)CC2SC(=Nc3ccc(OC)cc3)N(Cc3ccc4c(c3)OCO4)C2=O)c1. The van der Waals surface area contributed by atoms with E-state index in [1.807, 2.05) is 61.5 Å². The van der Waals surface area contributed by atoms with Gasteiger partial charge in [0.25, 0.3) is 0 Å². The predicted molar refractivity (Wildman–Crippen MR) is 145 cm³/mol. The Hall–Kier alpha value is -4.18. The zero-order chi connectivity index (χ0) is 26.5. The van der Waals surface area contributed by atoms with Gasteiger partial charge in [-0.1, -0.05) is 23.9 Å². The van der Waals surface area contributed by atoms with Crippen LogP contribution in [0, 0.1) is 0 Å². The highest BCUT2D eigenvalue weighted by atomic mass is 32.2. The average molecular weight is 534 g/mol. The van der Waals surface area contributed by atoms with Crippen molar-refractivity contribution in [1.29, 1.82) is 0 Å². The number of carbonyl (C=O) groups excluding carboxylic acids is 2. The van der Waals surface area contributed by atoms with Gasteiger partial charge in [-0.15, -0.1) is 0 Å². The molecule has 2 amide bonds. The van der Waals surface area contributed by atoms with Crippen molar-refractivity contribution < 1.29 is 28.5 Å². The first kappa shape index (κ1) is 25.5. The fraction of sp³-hybridized carbons (Fsp3) is 0.250. The van der Waals surface area contributed by atoms with Crippen LogP contribution in [-0.4, -0.2) is 47.6 Å². The maximum absolute atomic E-state index is 13.5. The molecule has 1 atom stereocenters. The fourth-order valence-corrected chi connectivity index (χ4v) is 5.23. The van der Waals surface area contributed by atoms with E-state index in [0.717, 1.165) is 5.56 Å². The number of nitrogens with one attached hydrogen (secondary N) is 1. The maximum atomic E-state index is 13.5. The number of amides is 2. The van der Waals surface area contributed by atoms with E-state index < -0.39 is 5.25 Å². The maximum Gasteiger partial charge on any atom is 0.242 e. The molecule has 3 aromatic rings. The van der Waals surface area contributed by atoms with Crippen molar-refractivity contribution in [2.24, 2.45) is 4.99 Å². The van der Waals surface area contributed by atoms with E-state index in [-0.39, 0.29) is 31.6 Å². The number of carbonyl (C=O) groups is 2. The zero-order valence-electron chi connectivity index (χ0n) is 21.0. The molecule has 1 N–H and O–H groups in total. The van der Waals surface area contributed by atoms with Gasteiger partial charge in [0.2, 0.25) is 18.6 Å². The Morgan fingerprint density at radius 1 is 1.08 bits per heavy atom. The van der Waals surface area contributed by atoms with Gasteiger partial charge in [-0.2, -0.15) is 0 Å². The lowest BCUT2D eigenvalue weighted by molar-refractivity contribution is -0.128. The van der Waals surface area contributed by atoms with Gasteiger partial charge in [0.05, 0.1) is 25.9 Å². The number of amidine groups is 1. The molecule has 2 heterocycles. The number of fused-ring (bicyclic) bond motifs is 1. The third-order valence-electron chi connectivity index (χ3n) is 5.89. The van der Waals surface area contributed by atoms with Crippen molar-refractivity contribution in [3.05, 3.63) is 72.3 Å². The van der Waals surface area contributed by atoms with Crippen molar-refractivity contribution >= 4 is 40.1 Å². The Morgan fingerprint density at radius 3 is 2.68 bits per heavy atom. The standard InChI is InChI=1S/C28H27N3O6S/c1-3-35-22-6-4-5-20(14-22)29-26(32)15-25-27(33)31(16-18-7-12-23-24(13-18)37-17-36-23)28(38-25)30-19-8-10-21(34-2)11-9-19/h4-14,25H,3,15-17H2,1-2H3,(H,29,32). The number of ether oxygens (including phenoxy) is 4. The minimum absolute atomic E-state index is 0.00162. The van der Waals surface area contributed by atoms with Crippen LogP contribution in [0.3, 0.4) is 0 Å². The summed E-state index contributed by atoms with van der Waals surface area (Å²) < 4.78 is 21.6. The smallest absolute Gasteiger partial charge is 0.242 e. The lowest BCUT2D eigenvalue weighted by Crippen LogP contribution is -2.33. The molecule has 1 unspecified atom stereocenters. The zero-order valence-corrected chi connectivity index (χ0v) is 21.8. The van der Waals surface area contributed by atoms with Crippen LogP contribution in [0.4, 0.5) is 11.4 Å². The highest BCUT2D eigenvalue weighted by molar-refractivity contribution is 8.15. The van der Waals surface area contributed by atoms with E-state index in [2.05, 4.69) is 5.32 Å². The number of methoxy groups -OCH3 is 1. The summed E-state index contributed by atoms with van der Waals surface area (Å²) in [4.78, 5) is 32.8. The molecule has 0 bridgehead atoms. The summed E-state index contributed by atoms with van der Waals surface area (Å²) in [7, 11) is 1.60. The lowest BCUT2D eigenvalue weighted by Gasteiger charge is -2.17. The second kappa shape index (κ2) is 11.5. The minimum atomic E-state index is -0.615. The first-order valence-corrected chi connectivity index (χ1v) is 13.0. The van der Waals surface area contributed by atoms with Gasteiger partial charge in [-0.05, 0) is 61.0 Å². The molecule has 10 heteroatoms. The molecule has 5 rings (SSSR count). The van der Waals surface area contributed by atoms with Gasteiger partial charge in [-0.3, -0.25) is 14.5 Å². The van der Waals surface area contributed by atoms with Crippen LogP contribution >= 0.6 is 11.8 Å². The summed E-state index contributed by atoms with van der Waals surface area (Å²) in [6.07, 6.45) is 0.00162. The molecule has 2 aliphatic rings. The molecule has 0 aromatic heterocycles. The Labute approximate surface area is 224 Å². The number of hydrogen-bond acceptors (Lipinski definition) is 8. The second-order valence-corrected chi connectivity index (χ2v) is 9.69. The Kier molecular flexibility index (Phi) is 7.69. The molecule has 38 heavy (non-hydrogen) atoms. The normalized spacial score (nSPS) is 17.1. The van der Waals surface area contributed by atoms with Crippen LogP contribution in [-0.2, 0) is 16.1 Å². The topological polar surface area (TPSA) is 98.7 Å². The number of nitrogens with zero attached hydrogens (tertiary/aromatic N) is 2. The molecule has 0 spiro atoms. The number of benzene rings is 3. The summed E-state index contributed by atoms with van der Waals surface area (Å²) in [6, 6.07) is 20.0. The van der Waals surface area contributed by atoms with Crippen LogP contribution in [0.1, 0.15) is 18.9 Å². The van der Waals surface area contributed by atoms with Crippen molar-refractivity contribution in [1.82, 2.24) is 4.90 Å². The van der Waals surface area contributed by atoms with Crippen molar-refractivity contribution in [2.45, 2.75) is 25.1 Å². The molecule has 3 aromatic carbocycles. The Bertz CT molecular complexity index is 1360. The molecule has 9 nitrogen and oxygen atoms in total. The van der Waals surface area contributed by atoms with Gasteiger partial charge < -0.3 is 24.3 Å². The van der Waals surface area contributed by atoms with Crippen LogP contribution in [0.25, 0.3) is 0 Å². The minimum Gasteiger partial charge on any atom is -0.497 e. The Balaban J connectivity index is 1.35. The monoisotopic (exact) mass is 533 g/mol. The molecule has 0 aliphatic carbocycles. The lowest BCUT2D eigenvalue weighted by atomic mass is 10.1. The van der Waals surface area contributed by atoms with E-state index >= 15 is 0 Å². The second-order valence-electron chi connectivity index (χ2n) is 8.52. The summed E-state index contributed by atoms with van der Waals surface area (Å²) in [6.45, 7) is 2.88. The summed E-state index contributed by atoms with van der Waals surface area (Å²) in [5.41, 5.74) is 2.15. The summed E-state index contributed by atoms with van der Waals surface area (Å²) >= 11 is 1.28. The van der Waals surface area contributed by atoms with Gasteiger partial charge in [0.15, 0.2) is 16.7 Å². The van der Waals surface area contributed by atoms with Gasteiger partial charge in [-0.25, -0.2) is 4.99 Å². The molecule has 0 saturated carbocycles. The largest absolute Gasteiger partial charge is 0.497 e. The first-order valence-electron chi connectivity index (χ1n) is 12.1. The number of hydrogen-bond donors (Lipinski definition) is 1. The summed E-state index contributed by atoms with van der Waals surface area (Å²) in [5.74, 6) is 2.24. The quantitative estimate of drug-likeness (QED) is 0.414. The van der Waals surface area contributed by atoms with Crippen LogP contribution in [0.2, 0.25) is 0 Å². The Morgan fingerprint density at radius 2 is 1.89 bits per heavy atom. The summed E-state index contributed by atoms with van der Waals surface area (Å²) in [5, 5.41) is 2.78. The molecular formula is C28H27N3O6S. The van der Waals surface area contributed by atoms with E-state index in [4.69, 9.17) is 23.9 Å². The van der Waals surface area contributed by atoms with Gasteiger partial charge in [0, 0.05) is 18.2 Å². The van der Waals surface area contributed by atoms with Crippen molar-refractivity contribution in [2.75, 3.05) is 25.8 Å². The number of rotatable bonds is 9. The molecule has 1 saturated heterocycles. The molecular weight excluding hydrogens is 506 g/mol. The number of aliphatic imine (C=N–C) groups is 1. The fourth-order valence-electron chi connectivity index (χ4n) is 4.07. The van der Waals surface area contributed by atoms with Crippen molar-refractivity contribution in [3.63, 3.8) is 0 Å². The first-order chi connectivity index (χ1) is 18.5. The van der Waals surface area contributed by atoms with Crippen LogP contribution in [0.15, 0.2) is 71.7 Å². The highest BCUT2D eigenvalue weighted by Gasteiger charge is 2.39. The van der Waals surface area contributed by atoms with E-state index in [1.54, 1.807) is 24.1 Å². The third kappa shape index (κ3) is 5.86. The highest BCUT2D eigenvalue weighted by Crippen LogP contribution is 2.36. The number of anilines is 1. The van der Waals surface area contributed by atoms with E-state index in [9.17, 15) is 9.59 Å². The van der Waals surface area contributed by atoms with Gasteiger partial charge in [0.1, 0.15) is 16.7 Å². The average Bonchev–Trinajstić information content (AvgIpc) is 3.49. The number of thioether (sulfide) groups is 1. The molecule has 2 aliphatic heterocycles. The molecule has 0 radical (unpaired) electrons. The third-order valence-corrected chi connectivity index (χ3v) is 7.07.